The van der Waals surface area contributed by atoms with Crippen LogP contribution in [0.5, 0.6) is 0 Å². The molecule has 5 nitrogen and oxygen atoms in total. The molecule has 4 heterocycles. The van der Waals surface area contributed by atoms with E-state index in [0.717, 1.165) is 109 Å². The number of fused-ring (bicyclic) bond motifs is 3. The summed E-state index contributed by atoms with van der Waals surface area (Å²) < 4.78 is 6.06. The molecule has 0 N–H and O–H groups in total. The SMILES string of the molecule is [Ir+3].[c-]1cc(CCc2cc(CCc3c[c-]c(-c4ccccn4)cc3)cc(-c3ccccc3-c3c[c-]c(-c4cnc5oc6ccccc6c5n4)cc3-c3ccc(-c4ccccc4)cc3)c2)ccc1-c1ccccn1. The summed E-state index contributed by atoms with van der Waals surface area (Å²) in [6.07, 6.45) is 8.97. The molecule has 0 fully saturated rings. The van der Waals surface area contributed by atoms with E-state index in [1.165, 1.54) is 33.4 Å². The minimum atomic E-state index is 0. The number of rotatable bonds is 13. The molecular formula is C66H45IrN4O. The molecule has 0 unspecified atom stereocenters. The van der Waals surface area contributed by atoms with Crippen molar-refractivity contribution in [1.29, 1.82) is 0 Å². The van der Waals surface area contributed by atoms with Crippen LogP contribution in [0.2, 0.25) is 0 Å². The minimum Gasteiger partial charge on any atom is -0.436 e. The van der Waals surface area contributed by atoms with Crippen molar-refractivity contribution in [2.45, 2.75) is 25.7 Å². The minimum absolute atomic E-state index is 0. The summed E-state index contributed by atoms with van der Waals surface area (Å²) >= 11 is 0. The first-order valence-corrected chi connectivity index (χ1v) is 24.1. The fourth-order valence-corrected chi connectivity index (χ4v) is 9.53. The van der Waals surface area contributed by atoms with Crippen molar-refractivity contribution in [3.8, 4) is 78.3 Å². The van der Waals surface area contributed by atoms with Gasteiger partial charge in [0.1, 0.15) is 11.1 Å². The zero-order valence-electron chi connectivity index (χ0n) is 39.2. The molecule has 12 aromatic rings. The van der Waals surface area contributed by atoms with Crippen LogP contribution in [-0.4, -0.2) is 19.9 Å². The number of nitrogens with zero attached hydrogens (tertiary/aromatic N) is 4. The van der Waals surface area contributed by atoms with Crippen LogP contribution in [0.1, 0.15) is 22.3 Å². The molecule has 0 aliphatic carbocycles. The van der Waals surface area contributed by atoms with E-state index in [2.05, 4.69) is 174 Å². The van der Waals surface area contributed by atoms with E-state index in [1.807, 2.05) is 73.1 Å². The molecule has 0 saturated heterocycles. The van der Waals surface area contributed by atoms with Gasteiger partial charge in [0.25, 0.3) is 0 Å². The summed E-state index contributed by atoms with van der Waals surface area (Å²) in [5.74, 6) is 0. The predicted molar refractivity (Wildman–Crippen MR) is 287 cm³/mol. The van der Waals surface area contributed by atoms with E-state index in [4.69, 9.17) is 14.4 Å². The van der Waals surface area contributed by atoms with Crippen LogP contribution in [-0.2, 0) is 45.8 Å². The molecule has 0 radical (unpaired) electrons. The molecule has 0 aliphatic rings. The maximum Gasteiger partial charge on any atom is 3.00 e. The van der Waals surface area contributed by atoms with Crippen LogP contribution in [0.4, 0.5) is 0 Å². The molecule has 0 bridgehead atoms. The van der Waals surface area contributed by atoms with Crippen molar-refractivity contribution in [3.63, 3.8) is 0 Å². The second kappa shape index (κ2) is 20.9. The molecule has 12 rings (SSSR count). The Kier molecular flexibility index (Phi) is 13.4. The second-order valence-electron chi connectivity index (χ2n) is 17.9. The molecule has 0 aliphatic heterocycles. The molecular weight excluding hydrogens is 1060 g/mol. The van der Waals surface area contributed by atoms with Crippen LogP contribution in [0.25, 0.3) is 100 Å². The molecule has 344 valence electrons. The summed E-state index contributed by atoms with van der Waals surface area (Å²) in [6, 6.07) is 83.2. The third-order valence-corrected chi connectivity index (χ3v) is 13.2. The van der Waals surface area contributed by atoms with Gasteiger partial charge < -0.3 is 14.4 Å². The normalized spacial score (nSPS) is 11.2. The summed E-state index contributed by atoms with van der Waals surface area (Å²) in [6.45, 7) is 0. The molecule has 0 spiro atoms. The van der Waals surface area contributed by atoms with Crippen molar-refractivity contribution in [2.24, 2.45) is 0 Å². The third kappa shape index (κ3) is 9.84. The van der Waals surface area contributed by atoms with Crippen molar-refractivity contribution >= 4 is 22.2 Å². The zero-order chi connectivity index (χ0) is 47.3. The molecule has 8 aromatic carbocycles. The number of hydrogen-bond acceptors (Lipinski definition) is 5. The number of hydrogen-bond donors (Lipinski definition) is 0. The zero-order valence-corrected chi connectivity index (χ0v) is 41.6. The Morgan fingerprint density at radius 1 is 0.375 bits per heavy atom. The van der Waals surface area contributed by atoms with Crippen molar-refractivity contribution in [2.75, 3.05) is 0 Å². The maximum absolute atomic E-state index is 6.06. The average Bonchev–Trinajstić information content (AvgIpc) is 3.83. The molecule has 4 aromatic heterocycles. The Morgan fingerprint density at radius 2 is 0.944 bits per heavy atom. The first-order chi connectivity index (χ1) is 35.1. The summed E-state index contributed by atoms with van der Waals surface area (Å²) in [5, 5.41) is 0.939. The van der Waals surface area contributed by atoms with Gasteiger partial charge in [-0.3, -0.25) is 4.98 Å². The van der Waals surface area contributed by atoms with Crippen LogP contribution < -0.4 is 0 Å². The van der Waals surface area contributed by atoms with Crippen LogP contribution in [0, 0.1) is 18.2 Å². The second-order valence-corrected chi connectivity index (χ2v) is 17.9. The smallest absolute Gasteiger partial charge is 0.436 e. The van der Waals surface area contributed by atoms with Crippen LogP contribution in [0.15, 0.2) is 229 Å². The van der Waals surface area contributed by atoms with Gasteiger partial charge in [-0.05, 0) is 87.4 Å². The topological polar surface area (TPSA) is 64.7 Å². The van der Waals surface area contributed by atoms with Crippen molar-refractivity contribution < 1.29 is 24.5 Å². The average molecular weight is 1100 g/mol. The summed E-state index contributed by atoms with van der Waals surface area (Å²) in [4.78, 5) is 18.9. The fraction of sp³-hybridized carbons (Fsp3) is 0.0606. The monoisotopic (exact) mass is 1100 g/mol. The largest absolute Gasteiger partial charge is 3.00 e. The van der Waals surface area contributed by atoms with E-state index in [-0.39, 0.29) is 20.1 Å². The fourth-order valence-electron chi connectivity index (χ4n) is 9.53. The molecule has 0 amide bonds. The quantitative estimate of drug-likeness (QED) is 0.108. The number of para-hydroxylation sites is 1. The molecule has 6 heteroatoms. The molecule has 72 heavy (non-hydrogen) atoms. The Labute approximate surface area is 433 Å². The van der Waals surface area contributed by atoms with Gasteiger partial charge in [0, 0.05) is 29.7 Å². The first-order valence-electron chi connectivity index (χ1n) is 24.1. The Hall–Kier alpha value is -8.41. The van der Waals surface area contributed by atoms with E-state index in [1.54, 1.807) is 6.20 Å². The Balaban J connectivity index is 0.00000560. The Morgan fingerprint density at radius 3 is 1.58 bits per heavy atom. The number of aryl methyl sites for hydroxylation is 4. The van der Waals surface area contributed by atoms with Gasteiger partial charge in [-0.2, -0.15) is 0 Å². The van der Waals surface area contributed by atoms with Gasteiger partial charge in [0.15, 0.2) is 0 Å². The van der Waals surface area contributed by atoms with Gasteiger partial charge in [0.2, 0.25) is 5.71 Å². The standard InChI is InChI=1S/C66H45N4O.Ir/c1-2-12-49(13-3-1)50-32-34-51(35-33-50)60-43-54(63-44-69-66-65(70-63)59-16-6-7-19-64(59)71-66)36-37-58(60)57-15-5-4-14-56(57)55-41-47(22-20-45-24-28-52(29-25-45)61-17-8-10-38-67-61)40-48(42-55)23-21-46-26-30-53(31-27-46)62-18-9-11-39-68-62;/h1-19,24-28,30,32-35,37-44H,20-23H2;/q-3;+3. The van der Waals surface area contributed by atoms with Crippen molar-refractivity contribution in [1.82, 2.24) is 19.9 Å². The summed E-state index contributed by atoms with van der Waals surface area (Å²) in [7, 11) is 0. The van der Waals surface area contributed by atoms with E-state index in [9.17, 15) is 0 Å². The number of furan rings is 1. The van der Waals surface area contributed by atoms with Crippen LogP contribution in [0.3, 0.4) is 0 Å². The van der Waals surface area contributed by atoms with E-state index < -0.39 is 0 Å². The summed E-state index contributed by atoms with van der Waals surface area (Å²) in [5.41, 5.74) is 21.6. The predicted octanol–water partition coefficient (Wildman–Crippen LogP) is 15.8. The first kappa shape index (κ1) is 46.0. The third-order valence-electron chi connectivity index (χ3n) is 13.2. The van der Waals surface area contributed by atoms with Gasteiger partial charge >= 0.3 is 20.1 Å². The number of benzene rings is 8. The number of aromatic nitrogens is 4. The van der Waals surface area contributed by atoms with Crippen molar-refractivity contribution in [3.05, 3.63) is 265 Å². The number of pyridine rings is 2. The van der Waals surface area contributed by atoms with E-state index >= 15 is 0 Å². The molecule has 0 saturated carbocycles. The van der Waals surface area contributed by atoms with Gasteiger partial charge in [0.05, 0.1) is 0 Å². The van der Waals surface area contributed by atoms with Crippen LogP contribution >= 0.6 is 0 Å². The van der Waals surface area contributed by atoms with Gasteiger partial charge in [-0.15, -0.1) is 94.5 Å². The Bertz CT molecular complexity index is 3680. The van der Waals surface area contributed by atoms with Gasteiger partial charge in [-0.25, -0.2) is 4.98 Å². The van der Waals surface area contributed by atoms with E-state index in [0.29, 0.717) is 5.71 Å². The van der Waals surface area contributed by atoms with Gasteiger partial charge in [-0.1, -0.05) is 163 Å². The molecule has 0 atom stereocenters. The maximum atomic E-state index is 6.06.